The molecule has 0 aliphatic carbocycles. The molecule has 0 spiro atoms. The Morgan fingerprint density at radius 1 is 0.560 bits per heavy atom. The zero-order valence-corrected chi connectivity index (χ0v) is 13.3. The molecular weight excluding hydrogens is 311 g/mol. The summed E-state index contributed by atoms with van der Waals surface area (Å²) in [5.74, 6) is -0.226. The Hall–Kier alpha value is -3.33. The molecular formula is C22H13FN2. The zero-order valence-electron chi connectivity index (χ0n) is 13.3. The monoisotopic (exact) mass is 324 g/mol. The van der Waals surface area contributed by atoms with Gasteiger partial charge in [0.25, 0.3) is 0 Å². The second-order valence-electron chi connectivity index (χ2n) is 6.07. The van der Waals surface area contributed by atoms with Crippen molar-refractivity contribution in [2.24, 2.45) is 0 Å². The van der Waals surface area contributed by atoms with Gasteiger partial charge in [0.05, 0.1) is 11.0 Å². The topological polar surface area (TPSA) is 25.8 Å². The molecule has 0 aliphatic rings. The zero-order chi connectivity index (χ0) is 16.8. The van der Waals surface area contributed by atoms with E-state index in [-0.39, 0.29) is 5.82 Å². The van der Waals surface area contributed by atoms with Crippen LogP contribution in [0.25, 0.3) is 43.7 Å². The van der Waals surface area contributed by atoms with E-state index in [1.807, 2.05) is 12.1 Å². The van der Waals surface area contributed by atoms with Gasteiger partial charge in [-0.3, -0.25) is 9.97 Å². The van der Waals surface area contributed by atoms with E-state index in [0.29, 0.717) is 0 Å². The van der Waals surface area contributed by atoms with Crippen LogP contribution in [0.1, 0.15) is 0 Å². The summed E-state index contributed by atoms with van der Waals surface area (Å²) in [5.41, 5.74) is 3.87. The Morgan fingerprint density at radius 3 is 1.88 bits per heavy atom. The standard InChI is InChI=1S/C22H13FN2/c23-16-8-5-14(6-9-16)15-7-10-19-20(13-15)17-3-1-2-4-18(17)21-22(19)25-12-11-24-21/h1-13H. The number of halogens is 1. The number of fused-ring (bicyclic) bond motifs is 6. The van der Waals surface area contributed by atoms with Crippen molar-refractivity contribution < 1.29 is 4.39 Å². The predicted octanol–water partition coefficient (Wildman–Crippen LogP) is 5.74. The minimum Gasteiger partial charge on any atom is -0.252 e. The van der Waals surface area contributed by atoms with Crippen molar-refractivity contribution in [3.63, 3.8) is 0 Å². The molecule has 0 amide bonds. The lowest BCUT2D eigenvalue weighted by Crippen LogP contribution is -1.89. The number of benzene rings is 4. The summed E-state index contributed by atoms with van der Waals surface area (Å²) in [4.78, 5) is 9.11. The SMILES string of the molecule is Fc1ccc(-c2ccc3c(c2)c2ccccc2c2nccnc32)cc1. The minimum absolute atomic E-state index is 0.226. The highest BCUT2D eigenvalue weighted by Crippen LogP contribution is 2.35. The van der Waals surface area contributed by atoms with Gasteiger partial charge in [-0.05, 0) is 40.1 Å². The minimum atomic E-state index is -0.226. The molecule has 0 saturated carbocycles. The van der Waals surface area contributed by atoms with Crippen LogP contribution in [0.15, 0.2) is 79.1 Å². The van der Waals surface area contributed by atoms with E-state index >= 15 is 0 Å². The summed E-state index contributed by atoms with van der Waals surface area (Å²) in [6, 6.07) is 21.1. The number of rotatable bonds is 1. The number of aromatic nitrogens is 2. The third-order valence-electron chi connectivity index (χ3n) is 4.62. The van der Waals surface area contributed by atoms with Crippen molar-refractivity contribution in [3.05, 3.63) is 84.9 Å². The van der Waals surface area contributed by atoms with Gasteiger partial charge in [0.1, 0.15) is 5.82 Å². The van der Waals surface area contributed by atoms with Crippen molar-refractivity contribution in [1.29, 1.82) is 0 Å². The van der Waals surface area contributed by atoms with E-state index in [1.54, 1.807) is 24.5 Å². The molecule has 0 fully saturated rings. The van der Waals surface area contributed by atoms with Gasteiger partial charge >= 0.3 is 0 Å². The summed E-state index contributed by atoms with van der Waals surface area (Å²) >= 11 is 0. The lowest BCUT2D eigenvalue weighted by atomic mass is 9.95. The van der Waals surface area contributed by atoms with Crippen LogP contribution in [0.4, 0.5) is 4.39 Å². The van der Waals surface area contributed by atoms with E-state index < -0.39 is 0 Å². The number of nitrogens with zero attached hydrogens (tertiary/aromatic N) is 2. The fraction of sp³-hybridized carbons (Fsp3) is 0. The first kappa shape index (κ1) is 14.1. The summed E-state index contributed by atoms with van der Waals surface area (Å²) in [7, 11) is 0. The van der Waals surface area contributed by atoms with Crippen LogP contribution in [-0.2, 0) is 0 Å². The molecule has 0 saturated heterocycles. The average molecular weight is 324 g/mol. The third-order valence-corrected chi connectivity index (χ3v) is 4.62. The largest absolute Gasteiger partial charge is 0.252 e. The first-order valence-corrected chi connectivity index (χ1v) is 8.12. The van der Waals surface area contributed by atoms with Crippen molar-refractivity contribution in [1.82, 2.24) is 9.97 Å². The molecule has 4 aromatic carbocycles. The molecule has 3 heteroatoms. The first-order valence-electron chi connectivity index (χ1n) is 8.12. The van der Waals surface area contributed by atoms with Gasteiger partial charge < -0.3 is 0 Å². The molecule has 5 rings (SSSR count). The van der Waals surface area contributed by atoms with Gasteiger partial charge in [-0.2, -0.15) is 0 Å². The van der Waals surface area contributed by atoms with Crippen molar-refractivity contribution in [2.45, 2.75) is 0 Å². The number of hydrogen-bond donors (Lipinski definition) is 0. The molecule has 2 nitrogen and oxygen atoms in total. The van der Waals surface area contributed by atoms with Crippen molar-refractivity contribution in [2.75, 3.05) is 0 Å². The number of hydrogen-bond acceptors (Lipinski definition) is 2. The third kappa shape index (κ3) is 2.17. The second kappa shape index (κ2) is 5.35. The highest BCUT2D eigenvalue weighted by molar-refractivity contribution is 6.23. The van der Waals surface area contributed by atoms with Crippen molar-refractivity contribution >= 4 is 32.6 Å². The summed E-state index contributed by atoms with van der Waals surface area (Å²) in [5, 5.41) is 4.45. The maximum Gasteiger partial charge on any atom is 0.123 e. The summed E-state index contributed by atoms with van der Waals surface area (Å²) in [6.07, 6.45) is 3.46. The van der Waals surface area contributed by atoms with Gasteiger partial charge in [-0.1, -0.05) is 48.5 Å². The summed E-state index contributed by atoms with van der Waals surface area (Å²) < 4.78 is 13.2. The molecule has 25 heavy (non-hydrogen) atoms. The Balaban J connectivity index is 1.91. The van der Waals surface area contributed by atoms with E-state index in [1.165, 1.54) is 12.1 Å². The van der Waals surface area contributed by atoms with Gasteiger partial charge in [0.15, 0.2) is 0 Å². The fourth-order valence-electron chi connectivity index (χ4n) is 3.45. The van der Waals surface area contributed by atoms with Crippen LogP contribution in [0.2, 0.25) is 0 Å². The lowest BCUT2D eigenvalue weighted by molar-refractivity contribution is 0.628. The van der Waals surface area contributed by atoms with E-state index in [0.717, 1.165) is 43.7 Å². The fourth-order valence-corrected chi connectivity index (χ4v) is 3.45. The Kier molecular flexibility index (Phi) is 3.01. The highest BCUT2D eigenvalue weighted by atomic mass is 19.1. The molecule has 0 aliphatic heterocycles. The summed E-state index contributed by atoms with van der Waals surface area (Å²) in [6.45, 7) is 0. The first-order chi connectivity index (χ1) is 12.3. The van der Waals surface area contributed by atoms with Gasteiger partial charge in [-0.25, -0.2) is 4.39 Å². The molecule has 0 bridgehead atoms. The van der Waals surface area contributed by atoms with Crippen LogP contribution in [-0.4, -0.2) is 9.97 Å². The van der Waals surface area contributed by atoms with Crippen LogP contribution >= 0.6 is 0 Å². The van der Waals surface area contributed by atoms with Gasteiger partial charge in [-0.15, -0.1) is 0 Å². The molecule has 0 radical (unpaired) electrons. The Morgan fingerprint density at radius 2 is 1.16 bits per heavy atom. The highest BCUT2D eigenvalue weighted by Gasteiger charge is 2.11. The van der Waals surface area contributed by atoms with Crippen LogP contribution in [0.5, 0.6) is 0 Å². The molecule has 0 N–H and O–H groups in total. The predicted molar refractivity (Wildman–Crippen MR) is 99.9 cm³/mol. The maximum atomic E-state index is 13.2. The van der Waals surface area contributed by atoms with Crippen molar-refractivity contribution in [3.8, 4) is 11.1 Å². The maximum absolute atomic E-state index is 13.2. The Bertz CT molecular complexity index is 1210. The van der Waals surface area contributed by atoms with Gasteiger partial charge in [0.2, 0.25) is 0 Å². The molecule has 1 aromatic heterocycles. The van der Waals surface area contributed by atoms with Gasteiger partial charge in [0, 0.05) is 23.2 Å². The normalized spacial score (nSPS) is 11.4. The van der Waals surface area contributed by atoms with Crippen LogP contribution < -0.4 is 0 Å². The molecule has 1 heterocycles. The lowest BCUT2D eigenvalue weighted by Gasteiger charge is -2.10. The second-order valence-corrected chi connectivity index (χ2v) is 6.07. The van der Waals surface area contributed by atoms with Crippen LogP contribution in [0, 0.1) is 5.82 Å². The van der Waals surface area contributed by atoms with E-state index in [2.05, 4.69) is 40.3 Å². The Labute approximate surface area is 143 Å². The molecule has 5 aromatic rings. The van der Waals surface area contributed by atoms with E-state index in [9.17, 15) is 4.39 Å². The van der Waals surface area contributed by atoms with E-state index in [4.69, 9.17) is 0 Å². The molecule has 118 valence electrons. The average Bonchev–Trinajstić information content (AvgIpc) is 2.68. The quantitative estimate of drug-likeness (QED) is 0.367. The molecule has 0 unspecified atom stereocenters. The smallest absolute Gasteiger partial charge is 0.123 e. The molecule has 0 atom stereocenters. The van der Waals surface area contributed by atoms with Crippen LogP contribution in [0.3, 0.4) is 0 Å².